The van der Waals surface area contributed by atoms with Crippen molar-refractivity contribution < 1.29 is 8.42 Å². The van der Waals surface area contributed by atoms with E-state index < -0.39 is 10.0 Å². The quantitative estimate of drug-likeness (QED) is 0.711. The zero-order valence-electron chi connectivity index (χ0n) is 10.9. The van der Waals surface area contributed by atoms with Crippen molar-refractivity contribution in [1.82, 2.24) is 8.96 Å². The predicted molar refractivity (Wildman–Crippen MR) is 83.5 cm³/mol. The zero-order chi connectivity index (χ0) is 15.2. The van der Waals surface area contributed by atoms with E-state index in [-0.39, 0.29) is 9.92 Å². The second kappa shape index (κ2) is 5.02. The summed E-state index contributed by atoms with van der Waals surface area (Å²) in [6.45, 7) is 1.63. The molecule has 4 nitrogen and oxygen atoms in total. The summed E-state index contributed by atoms with van der Waals surface area (Å²) >= 11 is 11.9. The van der Waals surface area contributed by atoms with Gasteiger partial charge in [-0.3, -0.25) is 0 Å². The lowest BCUT2D eigenvalue weighted by Gasteiger charge is -2.10. The molecule has 3 rings (SSSR count). The van der Waals surface area contributed by atoms with E-state index in [0.717, 1.165) is 0 Å². The molecular weight excluding hydrogens is 331 g/mol. The number of benzene rings is 2. The topological polar surface area (TPSA) is 52.0 Å². The molecule has 3 aromatic rings. The van der Waals surface area contributed by atoms with Crippen molar-refractivity contribution >= 4 is 44.3 Å². The summed E-state index contributed by atoms with van der Waals surface area (Å²) in [5, 5.41) is 0.427. The molecule has 1 heterocycles. The number of hydrogen-bond donors (Lipinski definition) is 0. The minimum atomic E-state index is -3.87. The van der Waals surface area contributed by atoms with E-state index in [0.29, 0.717) is 21.9 Å². The van der Waals surface area contributed by atoms with Crippen molar-refractivity contribution in [2.24, 2.45) is 0 Å². The van der Waals surface area contributed by atoms with Crippen LogP contribution in [0.3, 0.4) is 0 Å². The smallest absolute Gasteiger partial charge is 0.232 e. The van der Waals surface area contributed by atoms with Gasteiger partial charge in [0.2, 0.25) is 0 Å². The number of aromatic nitrogens is 2. The van der Waals surface area contributed by atoms with Crippen LogP contribution in [0, 0.1) is 6.92 Å². The normalized spacial score (nSPS) is 12.0. The summed E-state index contributed by atoms with van der Waals surface area (Å²) in [6.07, 6.45) is 0. The maximum absolute atomic E-state index is 12.9. The Labute approximate surface area is 132 Å². The van der Waals surface area contributed by atoms with Gasteiger partial charge in [0.1, 0.15) is 10.7 Å². The van der Waals surface area contributed by atoms with Crippen LogP contribution in [0.1, 0.15) is 5.82 Å². The molecule has 7 heteroatoms. The van der Waals surface area contributed by atoms with E-state index in [9.17, 15) is 8.42 Å². The van der Waals surface area contributed by atoms with Crippen LogP contribution in [0.4, 0.5) is 0 Å². The van der Waals surface area contributed by atoms with Gasteiger partial charge in [0.15, 0.2) is 0 Å². The lowest BCUT2D eigenvalue weighted by atomic mass is 10.3. The SMILES string of the molecule is Cc1nc2ccccc2n1S(=O)(=O)c1cc(Cl)ccc1Cl. The Bertz CT molecular complexity index is 949. The summed E-state index contributed by atoms with van der Waals surface area (Å²) in [4.78, 5) is 4.23. The summed E-state index contributed by atoms with van der Waals surface area (Å²) in [6, 6.07) is 11.4. The minimum absolute atomic E-state index is 0.0390. The van der Waals surface area contributed by atoms with Gasteiger partial charge in [-0.1, -0.05) is 35.3 Å². The van der Waals surface area contributed by atoms with Gasteiger partial charge in [0.05, 0.1) is 16.1 Å². The van der Waals surface area contributed by atoms with Gasteiger partial charge in [-0.15, -0.1) is 0 Å². The second-order valence-corrected chi connectivity index (χ2v) is 7.09. The van der Waals surface area contributed by atoms with Crippen molar-refractivity contribution in [2.45, 2.75) is 11.8 Å². The number of imidazole rings is 1. The highest BCUT2D eigenvalue weighted by Gasteiger charge is 2.25. The van der Waals surface area contributed by atoms with Crippen LogP contribution in [0.25, 0.3) is 11.0 Å². The molecule has 0 aliphatic rings. The maximum Gasteiger partial charge on any atom is 0.271 e. The van der Waals surface area contributed by atoms with E-state index in [1.165, 1.54) is 16.1 Å². The summed E-state index contributed by atoms with van der Waals surface area (Å²) in [7, 11) is -3.87. The third-order valence-electron chi connectivity index (χ3n) is 3.09. The Morgan fingerprint density at radius 3 is 2.57 bits per heavy atom. The molecule has 0 radical (unpaired) electrons. The van der Waals surface area contributed by atoms with Gasteiger partial charge in [-0.2, -0.15) is 0 Å². The number of fused-ring (bicyclic) bond motifs is 1. The Hall–Kier alpha value is -1.56. The van der Waals surface area contributed by atoms with Gasteiger partial charge >= 0.3 is 0 Å². The first-order valence-corrected chi connectivity index (χ1v) is 8.25. The average Bonchev–Trinajstić information content (AvgIpc) is 2.77. The van der Waals surface area contributed by atoms with E-state index >= 15 is 0 Å². The van der Waals surface area contributed by atoms with Crippen molar-refractivity contribution in [3.8, 4) is 0 Å². The monoisotopic (exact) mass is 340 g/mol. The molecule has 1 aromatic heterocycles. The lowest BCUT2D eigenvalue weighted by Crippen LogP contribution is -2.15. The Kier molecular flexibility index (Phi) is 3.43. The van der Waals surface area contributed by atoms with Gasteiger partial charge in [0.25, 0.3) is 10.0 Å². The molecule has 0 saturated carbocycles. The van der Waals surface area contributed by atoms with Gasteiger partial charge in [0, 0.05) is 5.02 Å². The largest absolute Gasteiger partial charge is 0.271 e. The molecule has 0 aliphatic carbocycles. The highest BCUT2D eigenvalue weighted by atomic mass is 35.5. The summed E-state index contributed by atoms with van der Waals surface area (Å²) in [5.41, 5.74) is 1.11. The van der Waals surface area contributed by atoms with Crippen LogP contribution >= 0.6 is 23.2 Å². The number of halogens is 2. The number of nitrogens with zero attached hydrogens (tertiary/aromatic N) is 2. The van der Waals surface area contributed by atoms with Gasteiger partial charge in [-0.05, 0) is 37.3 Å². The fourth-order valence-corrected chi connectivity index (χ4v) is 4.44. The molecule has 0 N–H and O–H groups in total. The molecule has 0 aliphatic heterocycles. The van der Waals surface area contributed by atoms with Crippen molar-refractivity contribution in [2.75, 3.05) is 0 Å². The molecule has 0 fully saturated rings. The van der Waals surface area contributed by atoms with Crippen LogP contribution in [-0.2, 0) is 10.0 Å². The van der Waals surface area contributed by atoms with Crippen LogP contribution in [0.15, 0.2) is 47.4 Å². The Morgan fingerprint density at radius 1 is 1.10 bits per heavy atom. The standard InChI is InChI=1S/C14H10Cl2N2O2S/c1-9-17-12-4-2-3-5-13(12)18(9)21(19,20)14-8-10(15)6-7-11(14)16/h2-8H,1H3. The first kappa shape index (κ1) is 14.4. The van der Waals surface area contributed by atoms with Crippen LogP contribution in [-0.4, -0.2) is 17.4 Å². The lowest BCUT2D eigenvalue weighted by molar-refractivity contribution is 0.587. The van der Waals surface area contributed by atoms with E-state index in [2.05, 4.69) is 4.98 Å². The molecule has 0 amide bonds. The highest BCUT2D eigenvalue weighted by molar-refractivity contribution is 7.90. The number of rotatable bonds is 2. The van der Waals surface area contributed by atoms with Crippen molar-refractivity contribution in [3.05, 3.63) is 58.3 Å². The molecule has 0 saturated heterocycles. The Morgan fingerprint density at radius 2 is 1.81 bits per heavy atom. The van der Waals surface area contributed by atoms with Crippen LogP contribution in [0.2, 0.25) is 10.0 Å². The second-order valence-electron chi connectivity index (χ2n) is 4.49. The van der Waals surface area contributed by atoms with E-state index in [4.69, 9.17) is 23.2 Å². The highest BCUT2D eigenvalue weighted by Crippen LogP contribution is 2.29. The predicted octanol–water partition coefficient (Wildman–Crippen LogP) is 3.89. The first-order valence-electron chi connectivity index (χ1n) is 6.06. The summed E-state index contributed by atoms with van der Waals surface area (Å²) < 4.78 is 26.9. The molecule has 2 aromatic carbocycles. The van der Waals surface area contributed by atoms with Gasteiger partial charge < -0.3 is 0 Å². The minimum Gasteiger partial charge on any atom is -0.232 e. The fourth-order valence-electron chi connectivity index (χ4n) is 2.20. The molecule has 0 unspecified atom stereocenters. The van der Waals surface area contributed by atoms with Crippen molar-refractivity contribution in [1.29, 1.82) is 0 Å². The van der Waals surface area contributed by atoms with E-state index in [1.54, 1.807) is 37.3 Å². The van der Waals surface area contributed by atoms with Crippen molar-refractivity contribution in [3.63, 3.8) is 0 Å². The molecule has 108 valence electrons. The molecule has 0 atom stereocenters. The Balaban J connectivity index is 2.35. The maximum atomic E-state index is 12.9. The molecule has 21 heavy (non-hydrogen) atoms. The average molecular weight is 341 g/mol. The van der Waals surface area contributed by atoms with E-state index in [1.807, 2.05) is 0 Å². The zero-order valence-corrected chi connectivity index (χ0v) is 13.2. The summed E-state index contributed by atoms with van der Waals surface area (Å²) in [5.74, 6) is 0.368. The molecule has 0 bridgehead atoms. The van der Waals surface area contributed by atoms with Crippen LogP contribution in [0.5, 0.6) is 0 Å². The third-order valence-corrected chi connectivity index (χ3v) is 5.60. The third kappa shape index (κ3) is 2.31. The van der Waals surface area contributed by atoms with Gasteiger partial charge in [-0.25, -0.2) is 17.4 Å². The molecular formula is C14H10Cl2N2O2S. The number of para-hydroxylation sites is 2. The molecule has 0 spiro atoms. The van der Waals surface area contributed by atoms with Crippen LogP contribution < -0.4 is 0 Å². The number of hydrogen-bond acceptors (Lipinski definition) is 3. The number of aryl methyl sites for hydroxylation is 1. The first-order chi connectivity index (χ1) is 9.91. The fraction of sp³-hybridized carbons (Fsp3) is 0.0714.